The summed E-state index contributed by atoms with van der Waals surface area (Å²) in [6, 6.07) is 9.75. The van der Waals surface area contributed by atoms with Crippen molar-refractivity contribution in [3.05, 3.63) is 69.3 Å². The molecule has 0 unspecified atom stereocenters. The van der Waals surface area contributed by atoms with Crippen molar-refractivity contribution < 1.29 is 22.9 Å². The molecule has 2 rings (SSSR count). The zero-order valence-electron chi connectivity index (χ0n) is 15.3. The zero-order valence-corrected chi connectivity index (χ0v) is 15.3. The topological polar surface area (TPSA) is 99.3 Å². The third-order valence-corrected chi connectivity index (χ3v) is 3.80. The molecule has 0 aromatic heterocycles. The Morgan fingerprint density at radius 2 is 1.93 bits per heavy atom. The number of halogens is 3. The first kappa shape index (κ1) is 21.4. The molecule has 0 aliphatic carbocycles. The van der Waals surface area contributed by atoms with Crippen LogP contribution < -0.4 is 10.2 Å². The van der Waals surface area contributed by atoms with E-state index in [4.69, 9.17) is 0 Å². The highest BCUT2D eigenvalue weighted by Crippen LogP contribution is 2.31. The van der Waals surface area contributed by atoms with Crippen LogP contribution in [0.4, 0.5) is 30.2 Å². The Hall–Kier alpha value is -3.87. The summed E-state index contributed by atoms with van der Waals surface area (Å²) in [4.78, 5) is 24.5. The van der Waals surface area contributed by atoms with Crippen molar-refractivity contribution in [2.45, 2.75) is 6.18 Å². The summed E-state index contributed by atoms with van der Waals surface area (Å²) in [5.41, 5.74) is -1.18. The first-order chi connectivity index (χ1) is 13.5. The third kappa shape index (κ3) is 5.32. The number of alkyl halides is 3. The first-order valence-electron chi connectivity index (χ1n) is 8.09. The minimum atomic E-state index is -4.58. The molecule has 1 N–H and O–H groups in total. The molecule has 0 spiro atoms. The van der Waals surface area contributed by atoms with Gasteiger partial charge in [0.2, 0.25) is 0 Å². The van der Waals surface area contributed by atoms with Crippen LogP contribution in [0.3, 0.4) is 0 Å². The Balaban J connectivity index is 2.33. The van der Waals surface area contributed by atoms with Crippen molar-refractivity contribution in [1.29, 1.82) is 5.26 Å². The van der Waals surface area contributed by atoms with Gasteiger partial charge in [-0.05, 0) is 35.9 Å². The zero-order chi connectivity index (χ0) is 21.8. The molecular formula is C19H15F3N4O3. The van der Waals surface area contributed by atoms with Crippen molar-refractivity contribution >= 4 is 29.0 Å². The summed E-state index contributed by atoms with van der Waals surface area (Å²) in [6.45, 7) is 0. The maximum absolute atomic E-state index is 12.8. The number of benzene rings is 2. The van der Waals surface area contributed by atoms with Crippen molar-refractivity contribution in [3.63, 3.8) is 0 Å². The molecule has 150 valence electrons. The van der Waals surface area contributed by atoms with Crippen LogP contribution in [-0.2, 0) is 11.0 Å². The number of nitro benzene ring substituents is 1. The lowest BCUT2D eigenvalue weighted by Crippen LogP contribution is -2.14. The number of anilines is 2. The summed E-state index contributed by atoms with van der Waals surface area (Å²) < 4.78 is 38.3. The van der Waals surface area contributed by atoms with Crippen LogP contribution in [0.5, 0.6) is 0 Å². The molecule has 0 saturated carbocycles. The Labute approximate surface area is 163 Å². The van der Waals surface area contributed by atoms with Gasteiger partial charge in [0.25, 0.3) is 11.6 Å². The molecule has 10 heteroatoms. The van der Waals surface area contributed by atoms with Crippen molar-refractivity contribution in [1.82, 2.24) is 0 Å². The summed E-state index contributed by atoms with van der Waals surface area (Å²) in [5.74, 6) is -0.939. The van der Waals surface area contributed by atoms with Gasteiger partial charge in [-0.25, -0.2) is 0 Å². The van der Waals surface area contributed by atoms with Crippen molar-refractivity contribution in [2.75, 3.05) is 24.3 Å². The standard InChI is InChI=1S/C19H15F3N4O3/c1-25(2)16-7-6-12(9-17(16)26(28)29)8-13(11-23)18(27)24-15-5-3-4-14(10-15)19(20,21)22/h3-10H,1-2H3,(H,24,27)/b13-8+. The van der Waals surface area contributed by atoms with Crippen LogP contribution in [0.2, 0.25) is 0 Å². The Kier molecular flexibility index (Phi) is 6.23. The van der Waals surface area contributed by atoms with Gasteiger partial charge < -0.3 is 10.2 Å². The Morgan fingerprint density at radius 1 is 1.24 bits per heavy atom. The molecule has 7 nitrogen and oxygen atoms in total. The van der Waals surface area contributed by atoms with Crippen LogP contribution in [0.15, 0.2) is 48.0 Å². The van der Waals surface area contributed by atoms with E-state index in [2.05, 4.69) is 5.32 Å². The summed E-state index contributed by atoms with van der Waals surface area (Å²) in [5, 5.41) is 22.7. The van der Waals surface area contributed by atoms with E-state index in [0.29, 0.717) is 5.69 Å². The smallest absolute Gasteiger partial charge is 0.372 e. The van der Waals surface area contributed by atoms with Gasteiger partial charge >= 0.3 is 6.18 Å². The van der Waals surface area contributed by atoms with E-state index in [1.807, 2.05) is 0 Å². The predicted octanol–water partition coefficient (Wildman–Crippen LogP) is 4.23. The minimum absolute atomic E-state index is 0.139. The second-order valence-electron chi connectivity index (χ2n) is 6.10. The van der Waals surface area contributed by atoms with Crippen molar-refractivity contribution in [2.24, 2.45) is 0 Å². The van der Waals surface area contributed by atoms with Gasteiger partial charge in [-0.2, -0.15) is 18.4 Å². The number of nitro groups is 1. The quantitative estimate of drug-likeness (QED) is 0.348. The maximum atomic E-state index is 12.8. The maximum Gasteiger partial charge on any atom is 0.416 e. The Bertz CT molecular complexity index is 1020. The highest BCUT2D eigenvalue weighted by atomic mass is 19.4. The molecular weight excluding hydrogens is 389 g/mol. The van der Waals surface area contributed by atoms with Gasteiger partial charge in [0, 0.05) is 25.8 Å². The molecule has 0 aliphatic rings. The number of nitriles is 1. The molecule has 1 amide bonds. The van der Waals surface area contributed by atoms with E-state index in [-0.39, 0.29) is 16.9 Å². The number of carbonyl (C=O) groups excluding carboxylic acids is 1. The lowest BCUT2D eigenvalue weighted by Gasteiger charge is -2.13. The summed E-state index contributed by atoms with van der Waals surface area (Å²) in [6.07, 6.45) is -3.46. The average Bonchev–Trinajstić information content (AvgIpc) is 2.65. The largest absolute Gasteiger partial charge is 0.416 e. The number of amides is 1. The number of nitrogens with one attached hydrogen (secondary N) is 1. The number of rotatable bonds is 5. The van der Waals surface area contributed by atoms with Gasteiger partial charge in [-0.15, -0.1) is 0 Å². The fourth-order valence-electron chi connectivity index (χ4n) is 2.44. The molecule has 0 fully saturated rings. The normalized spacial score (nSPS) is 11.5. The third-order valence-electron chi connectivity index (χ3n) is 3.80. The van der Waals surface area contributed by atoms with Crippen LogP contribution in [0.25, 0.3) is 6.08 Å². The SMILES string of the molecule is CN(C)c1ccc(/C=C(\C#N)C(=O)Nc2cccc(C(F)(F)F)c2)cc1[N+](=O)[O-]. The fraction of sp³-hybridized carbons (Fsp3) is 0.158. The second kappa shape index (κ2) is 8.43. The van der Waals surface area contributed by atoms with Crippen LogP contribution in [0.1, 0.15) is 11.1 Å². The Morgan fingerprint density at radius 3 is 2.48 bits per heavy atom. The molecule has 0 heterocycles. The molecule has 2 aromatic rings. The van der Waals surface area contributed by atoms with E-state index in [1.165, 1.54) is 29.2 Å². The second-order valence-corrected chi connectivity index (χ2v) is 6.10. The predicted molar refractivity (Wildman–Crippen MR) is 101 cm³/mol. The van der Waals surface area contributed by atoms with Gasteiger partial charge in [-0.1, -0.05) is 12.1 Å². The number of carbonyl (C=O) groups is 1. The van der Waals surface area contributed by atoms with Crippen LogP contribution >= 0.6 is 0 Å². The highest BCUT2D eigenvalue weighted by molar-refractivity contribution is 6.09. The van der Waals surface area contributed by atoms with Gasteiger partial charge in [0.05, 0.1) is 10.5 Å². The molecule has 29 heavy (non-hydrogen) atoms. The van der Waals surface area contributed by atoms with E-state index >= 15 is 0 Å². The highest BCUT2D eigenvalue weighted by Gasteiger charge is 2.30. The lowest BCUT2D eigenvalue weighted by molar-refractivity contribution is -0.384. The summed E-state index contributed by atoms with van der Waals surface area (Å²) in [7, 11) is 3.25. The molecule has 0 radical (unpaired) electrons. The van der Waals surface area contributed by atoms with E-state index in [9.17, 15) is 33.3 Å². The molecule has 0 bridgehead atoms. The number of nitrogens with zero attached hydrogens (tertiary/aromatic N) is 3. The van der Waals surface area contributed by atoms with E-state index < -0.39 is 28.1 Å². The molecule has 2 aromatic carbocycles. The molecule has 0 aliphatic heterocycles. The van der Waals surface area contributed by atoms with Gasteiger partial charge in [0.15, 0.2) is 0 Å². The van der Waals surface area contributed by atoms with Gasteiger partial charge in [-0.3, -0.25) is 14.9 Å². The monoisotopic (exact) mass is 404 g/mol. The average molecular weight is 404 g/mol. The minimum Gasteiger partial charge on any atom is -0.372 e. The van der Waals surface area contributed by atoms with Crippen LogP contribution in [-0.4, -0.2) is 24.9 Å². The lowest BCUT2D eigenvalue weighted by atomic mass is 10.1. The first-order valence-corrected chi connectivity index (χ1v) is 8.09. The van der Waals surface area contributed by atoms with Crippen LogP contribution in [0, 0.1) is 21.4 Å². The summed E-state index contributed by atoms with van der Waals surface area (Å²) >= 11 is 0. The fourth-order valence-corrected chi connectivity index (χ4v) is 2.44. The number of hydrogen-bond acceptors (Lipinski definition) is 5. The molecule has 0 atom stereocenters. The van der Waals surface area contributed by atoms with E-state index in [1.54, 1.807) is 20.2 Å². The molecule has 0 saturated heterocycles. The number of hydrogen-bond donors (Lipinski definition) is 1. The van der Waals surface area contributed by atoms with Gasteiger partial charge in [0.1, 0.15) is 17.3 Å². The van der Waals surface area contributed by atoms with E-state index in [0.717, 1.165) is 24.3 Å². The van der Waals surface area contributed by atoms with Crippen molar-refractivity contribution in [3.8, 4) is 6.07 Å².